The van der Waals surface area contributed by atoms with Crippen molar-refractivity contribution in [3.8, 4) is 5.75 Å². The van der Waals surface area contributed by atoms with E-state index in [4.69, 9.17) is 9.47 Å². The van der Waals surface area contributed by atoms with E-state index in [1.807, 2.05) is 0 Å². The first-order valence-corrected chi connectivity index (χ1v) is 7.65. The smallest absolute Gasteiger partial charge is 0.322 e. The van der Waals surface area contributed by atoms with E-state index in [1.54, 1.807) is 24.3 Å². The Morgan fingerprint density at radius 1 is 1.28 bits per heavy atom. The molecule has 4 amide bonds. The maximum atomic E-state index is 12.1. The Morgan fingerprint density at radius 3 is 2.64 bits per heavy atom. The third-order valence-electron chi connectivity index (χ3n) is 3.54. The van der Waals surface area contributed by atoms with Gasteiger partial charge >= 0.3 is 12.0 Å². The van der Waals surface area contributed by atoms with Crippen LogP contribution in [0.1, 0.15) is 19.8 Å². The van der Waals surface area contributed by atoms with E-state index in [0.717, 1.165) is 0 Å². The van der Waals surface area contributed by atoms with Gasteiger partial charge in [-0.15, -0.1) is 0 Å². The SMILES string of the molecule is COc1ccccc1NC(=O)[C@@H](C)OC(=O)CC[C@H]1NC(=O)NC1=O. The Balaban J connectivity index is 1.81. The number of imide groups is 1. The molecule has 0 spiro atoms. The topological polar surface area (TPSA) is 123 Å². The third-order valence-corrected chi connectivity index (χ3v) is 3.54. The van der Waals surface area contributed by atoms with Crippen LogP contribution in [0.2, 0.25) is 0 Å². The highest BCUT2D eigenvalue weighted by Crippen LogP contribution is 2.23. The first-order chi connectivity index (χ1) is 11.9. The summed E-state index contributed by atoms with van der Waals surface area (Å²) in [7, 11) is 1.48. The number of para-hydroxylation sites is 2. The summed E-state index contributed by atoms with van der Waals surface area (Å²) in [5, 5.41) is 7.06. The number of urea groups is 1. The molecule has 0 aliphatic carbocycles. The second kappa shape index (κ2) is 8.13. The summed E-state index contributed by atoms with van der Waals surface area (Å²) >= 11 is 0. The summed E-state index contributed by atoms with van der Waals surface area (Å²) in [6.07, 6.45) is -1.04. The van der Waals surface area contributed by atoms with Crippen molar-refractivity contribution in [1.29, 1.82) is 0 Å². The lowest BCUT2D eigenvalue weighted by Crippen LogP contribution is -2.32. The summed E-state index contributed by atoms with van der Waals surface area (Å²) in [4.78, 5) is 46.3. The molecule has 0 unspecified atom stereocenters. The van der Waals surface area contributed by atoms with Crippen LogP contribution in [0.3, 0.4) is 0 Å². The zero-order chi connectivity index (χ0) is 18.4. The van der Waals surface area contributed by atoms with Crippen molar-refractivity contribution in [2.24, 2.45) is 0 Å². The fourth-order valence-corrected chi connectivity index (χ4v) is 2.22. The second-order valence-corrected chi connectivity index (χ2v) is 5.38. The van der Waals surface area contributed by atoms with E-state index >= 15 is 0 Å². The molecule has 1 aromatic carbocycles. The first kappa shape index (κ1) is 18.2. The molecule has 3 N–H and O–H groups in total. The number of benzene rings is 1. The van der Waals surface area contributed by atoms with Crippen molar-refractivity contribution in [2.75, 3.05) is 12.4 Å². The van der Waals surface area contributed by atoms with E-state index < -0.39 is 36.0 Å². The van der Waals surface area contributed by atoms with Crippen LogP contribution in [0.15, 0.2) is 24.3 Å². The summed E-state index contributed by atoms with van der Waals surface area (Å²) in [6, 6.07) is 5.48. The number of esters is 1. The quantitative estimate of drug-likeness (QED) is 0.488. The molecule has 1 heterocycles. The molecule has 1 aromatic rings. The normalized spacial score (nSPS) is 17.3. The van der Waals surface area contributed by atoms with Gasteiger partial charge in [0.2, 0.25) is 0 Å². The Bertz CT molecular complexity index is 690. The van der Waals surface area contributed by atoms with Crippen LogP contribution in [0.4, 0.5) is 10.5 Å². The van der Waals surface area contributed by atoms with Gasteiger partial charge in [0.25, 0.3) is 11.8 Å². The minimum atomic E-state index is -1.02. The zero-order valence-electron chi connectivity index (χ0n) is 13.8. The highest BCUT2D eigenvalue weighted by molar-refractivity contribution is 6.04. The Hall–Kier alpha value is -3.10. The fraction of sp³-hybridized carbons (Fsp3) is 0.375. The highest BCUT2D eigenvalue weighted by Gasteiger charge is 2.30. The molecule has 2 atom stereocenters. The van der Waals surface area contributed by atoms with Crippen LogP contribution in [0.25, 0.3) is 0 Å². The summed E-state index contributed by atoms with van der Waals surface area (Å²) < 4.78 is 10.2. The van der Waals surface area contributed by atoms with E-state index in [1.165, 1.54) is 14.0 Å². The van der Waals surface area contributed by atoms with Crippen LogP contribution in [0.5, 0.6) is 5.75 Å². The summed E-state index contributed by atoms with van der Waals surface area (Å²) in [6.45, 7) is 1.44. The van der Waals surface area contributed by atoms with Gasteiger partial charge in [-0.05, 0) is 25.5 Å². The Kier molecular flexibility index (Phi) is 5.93. The molecule has 0 bridgehead atoms. The van der Waals surface area contributed by atoms with E-state index in [2.05, 4.69) is 16.0 Å². The maximum Gasteiger partial charge on any atom is 0.322 e. The summed E-state index contributed by atoms with van der Waals surface area (Å²) in [5.74, 6) is -1.15. The van der Waals surface area contributed by atoms with Gasteiger partial charge < -0.3 is 20.1 Å². The van der Waals surface area contributed by atoms with Gasteiger partial charge in [-0.3, -0.25) is 19.7 Å². The van der Waals surface area contributed by atoms with Crippen LogP contribution in [0, 0.1) is 0 Å². The Labute approximate surface area is 144 Å². The number of hydrogen-bond acceptors (Lipinski definition) is 6. The van der Waals surface area contributed by atoms with Crippen LogP contribution < -0.4 is 20.7 Å². The summed E-state index contributed by atoms with van der Waals surface area (Å²) in [5.41, 5.74) is 0.461. The molecule has 1 saturated heterocycles. The monoisotopic (exact) mass is 349 g/mol. The minimum Gasteiger partial charge on any atom is -0.495 e. The van der Waals surface area contributed by atoms with Crippen molar-refractivity contribution in [2.45, 2.75) is 31.9 Å². The average molecular weight is 349 g/mol. The zero-order valence-corrected chi connectivity index (χ0v) is 13.8. The lowest BCUT2D eigenvalue weighted by Gasteiger charge is -2.15. The van der Waals surface area contributed by atoms with Crippen molar-refractivity contribution in [3.05, 3.63) is 24.3 Å². The number of carbonyl (C=O) groups excluding carboxylic acids is 4. The van der Waals surface area contributed by atoms with E-state index in [-0.39, 0.29) is 12.8 Å². The van der Waals surface area contributed by atoms with Crippen LogP contribution >= 0.6 is 0 Å². The minimum absolute atomic E-state index is 0.0945. The average Bonchev–Trinajstić information content (AvgIpc) is 2.90. The molecule has 0 radical (unpaired) electrons. The predicted octanol–water partition coefficient (Wildman–Crippen LogP) is 0.554. The van der Waals surface area contributed by atoms with E-state index in [0.29, 0.717) is 11.4 Å². The number of methoxy groups -OCH3 is 1. The van der Waals surface area contributed by atoms with E-state index in [9.17, 15) is 19.2 Å². The molecule has 2 rings (SSSR count). The largest absolute Gasteiger partial charge is 0.495 e. The van der Waals surface area contributed by atoms with Crippen LogP contribution in [-0.4, -0.2) is 43.1 Å². The number of anilines is 1. The fourth-order valence-electron chi connectivity index (χ4n) is 2.22. The number of carbonyl (C=O) groups is 4. The molecule has 25 heavy (non-hydrogen) atoms. The molecular formula is C16H19N3O6. The van der Waals surface area contributed by atoms with Crippen molar-refractivity contribution >= 4 is 29.5 Å². The number of nitrogens with one attached hydrogen (secondary N) is 3. The van der Waals surface area contributed by atoms with Crippen molar-refractivity contribution < 1.29 is 28.7 Å². The highest BCUT2D eigenvalue weighted by atomic mass is 16.5. The van der Waals surface area contributed by atoms with Gasteiger partial charge in [0, 0.05) is 6.42 Å². The molecule has 1 aliphatic heterocycles. The maximum absolute atomic E-state index is 12.1. The van der Waals surface area contributed by atoms with Gasteiger partial charge in [0.15, 0.2) is 6.10 Å². The lowest BCUT2D eigenvalue weighted by molar-refractivity contribution is -0.153. The predicted molar refractivity (Wildman–Crippen MR) is 86.9 cm³/mol. The van der Waals surface area contributed by atoms with Gasteiger partial charge in [-0.1, -0.05) is 12.1 Å². The standard InChI is InChI=1S/C16H19N3O6/c1-9(14(21)17-10-5-3-4-6-12(10)24-2)25-13(20)8-7-11-15(22)19-16(23)18-11/h3-6,9,11H,7-8H2,1-2H3,(H,17,21)(H2,18,19,22,23)/t9-,11-/m1/s1. The third kappa shape index (κ3) is 4.93. The number of amides is 4. The molecule has 0 saturated carbocycles. The first-order valence-electron chi connectivity index (χ1n) is 7.65. The molecular weight excluding hydrogens is 330 g/mol. The number of rotatable bonds is 7. The molecule has 1 aliphatic rings. The van der Waals surface area contributed by atoms with Gasteiger partial charge in [0.05, 0.1) is 12.8 Å². The molecule has 0 aromatic heterocycles. The molecule has 9 nitrogen and oxygen atoms in total. The molecule has 1 fully saturated rings. The second-order valence-electron chi connectivity index (χ2n) is 5.38. The molecule has 9 heteroatoms. The van der Waals surface area contributed by atoms with Gasteiger partial charge in [-0.25, -0.2) is 4.79 Å². The van der Waals surface area contributed by atoms with Gasteiger partial charge in [-0.2, -0.15) is 0 Å². The van der Waals surface area contributed by atoms with Crippen molar-refractivity contribution in [1.82, 2.24) is 10.6 Å². The number of hydrogen-bond donors (Lipinski definition) is 3. The van der Waals surface area contributed by atoms with Crippen LogP contribution in [-0.2, 0) is 19.1 Å². The Morgan fingerprint density at radius 2 is 2.00 bits per heavy atom. The van der Waals surface area contributed by atoms with Crippen molar-refractivity contribution in [3.63, 3.8) is 0 Å². The lowest BCUT2D eigenvalue weighted by atomic mass is 10.1. The number of ether oxygens (including phenoxy) is 2. The molecule has 134 valence electrons. The van der Waals surface area contributed by atoms with Gasteiger partial charge in [0.1, 0.15) is 11.8 Å².